The largest absolute Gasteiger partial charge is 0.490 e. The predicted octanol–water partition coefficient (Wildman–Crippen LogP) is 3.41. The van der Waals surface area contributed by atoms with Crippen LogP contribution in [0.25, 0.3) is 0 Å². The van der Waals surface area contributed by atoms with Crippen LogP contribution in [-0.4, -0.2) is 34.5 Å². The Morgan fingerprint density at radius 1 is 1.30 bits per heavy atom. The van der Waals surface area contributed by atoms with Crippen LogP contribution in [0.3, 0.4) is 0 Å². The molecule has 1 saturated heterocycles. The van der Waals surface area contributed by atoms with E-state index >= 15 is 0 Å². The Balaban J connectivity index is 1.63. The van der Waals surface area contributed by atoms with Crippen molar-refractivity contribution in [2.75, 3.05) is 13.2 Å². The van der Waals surface area contributed by atoms with Crippen LogP contribution in [0, 0.1) is 0 Å². The second-order valence-corrected chi connectivity index (χ2v) is 7.26. The molecule has 2 heterocycles. The molecule has 1 unspecified atom stereocenters. The van der Waals surface area contributed by atoms with Crippen molar-refractivity contribution >= 4 is 29.2 Å². The molecule has 8 heteroatoms. The highest BCUT2D eigenvalue weighted by Gasteiger charge is 2.42. The van der Waals surface area contributed by atoms with Crippen LogP contribution in [0.15, 0.2) is 41.3 Å². The van der Waals surface area contributed by atoms with Gasteiger partial charge in [-0.2, -0.15) is 0 Å². The van der Waals surface area contributed by atoms with Gasteiger partial charge in [0.1, 0.15) is 12.4 Å². The van der Waals surface area contributed by atoms with Crippen LogP contribution in [0.1, 0.15) is 18.4 Å². The molecule has 1 aromatic heterocycles. The van der Waals surface area contributed by atoms with E-state index in [2.05, 4.69) is 0 Å². The van der Waals surface area contributed by atoms with Gasteiger partial charge < -0.3 is 19.1 Å². The summed E-state index contributed by atoms with van der Waals surface area (Å²) in [6.45, 7) is 1.01. The second-order valence-electron chi connectivity index (χ2n) is 6.42. The van der Waals surface area contributed by atoms with Crippen molar-refractivity contribution < 1.29 is 19.4 Å². The minimum absolute atomic E-state index is 0.176. The standard InChI is InChI=1S/C19H19Cl2NO5/c20-14-2-3-16(15(21)11-14)26-9-7-22-6-4-13(10-17(22)23)12-19(18(24)25)5-1-8-27-19/h2-4,6,10-11H,1,5,7-9,12H2,(H,24,25). The van der Waals surface area contributed by atoms with Gasteiger partial charge in [-0.05, 0) is 42.7 Å². The summed E-state index contributed by atoms with van der Waals surface area (Å²) < 4.78 is 12.5. The number of nitrogens with zero attached hydrogens (tertiary/aromatic N) is 1. The van der Waals surface area contributed by atoms with Crippen molar-refractivity contribution in [3.63, 3.8) is 0 Å². The van der Waals surface area contributed by atoms with Gasteiger partial charge in [-0.3, -0.25) is 4.79 Å². The first-order valence-corrected chi connectivity index (χ1v) is 9.30. The summed E-state index contributed by atoms with van der Waals surface area (Å²) in [6, 6.07) is 8.12. The van der Waals surface area contributed by atoms with Gasteiger partial charge in [0, 0.05) is 30.3 Å². The quantitative estimate of drug-likeness (QED) is 0.754. The fourth-order valence-electron chi connectivity index (χ4n) is 3.10. The topological polar surface area (TPSA) is 77.8 Å². The molecule has 0 amide bonds. The van der Waals surface area contributed by atoms with Crippen molar-refractivity contribution in [3.05, 3.63) is 62.5 Å². The Labute approximate surface area is 166 Å². The van der Waals surface area contributed by atoms with Gasteiger partial charge in [0.25, 0.3) is 5.56 Å². The Hall–Kier alpha value is -2.02. The molecule has 1 fully saturated rings. The molecule has 6 nitrogen and oxygen atoms in total. The van der Waals surface area contributed by atoms with Gasteiger partial charge in [-0.25, -0.2) is 4.79 Å². The summed E-state index contributed by atoms with van der Waals surface area (Å²) in [5, 5.41) is 10.4. The lowest BCUT2D eigenvalue weighted by Crippen LogP contribution is -2.40. The minimum atomic E-state index is -1.23. The molecule has 0 aliphatic carbocycles. The first kappa shape index (κ1) is 19.7. The molecule has 1 aliphatic rings. The van der Waals surface area contributed by atoms with Gasteiger partial charge in [0.2, 0.25) is 0 Å². The number of carbonyl (C=O) groups is 1. The summed E-state index contributed by atoms with van der Waals surface area (Å²) in [5.41, 5.74) is -0.813. The van der Waals surface area contributed by atoms with E-state index in [9.17, 15) is 14.7 Å². The van der Waals surface area contributed by atoms with Gasteiger partial charge in [-0.1, -0.05) is 23.2 Å². The molecule has 1 N–H and O–H groups in total. The molecular formula is C19H19Cl2NO5. The fourth-order valence-corrected chi connectivity index (χ4v) is 3.56. The second kappa shape index (κ2) is 8.33. The molecule has 0 radical (unpaired) electrons. The van der Waals surface area contributed by atoms with E-state index in [1.165, 1.54) is 10.6 Å². The van der Waals surface area contributed by atoms with Crippen LogP contribution in [-0.2, 0) is 22.5 Å². The zero-order chi connectivity index (χ0) is 19.4. The van der Waals surface area contributed by atoms with Crippen molar-refractivity contribution in [3.8, 4) is 5.75 Å². The smallest absolute Gasteiger partial charge is 0.336 e. The number of halogens is 2. The molecule has 1 aromatic carbocycles. The molecule has 27 heavy (non-hydrogen) atoms. The average Bonchev–Trinajstić information content (AvgIpc) is 3.08. The SMILES string of the molecule is O=C(O)C1(Cc2ccn(CCOc3ccc(Cl)cc3Cl)c(=O)c2)CCCO1. The Bertz CT molecular complexity index is 890. The lowest BCUT2D eigenvalue weighted by Gasteiger charge is -2.23. The molecule has 144 valence electrons. The van der Waals surface area contributed by atoms with E-state index in [0.29, 0.717) is 47.4 Å². The number of aliphatic carboxylic acids is 1. The fraction of sp³-hybridized carbons (Fsp3) is 0.368. The molecule has 1 atom stereocenters. The van der Waals surface area contributed by atoms with Crippen molar-refractivity contribution in [2.24, 2.45) is 0 Å². The lowest BCUT2D eigenvalue weighted by atomic mass is 9.92. The molecular weight excluding hydrogens is 393 g/mol. The van der Waals surface area contributed by atoms with Crippen molar-refractivity contribution in [2.45, 2.75) is 31.4 Å². The van der Waals surface area contributed by atoms with Gasteiger partial charge in [0.05, 0.1) is 11.6 Å². The number of rotatable bonds is 7. The molecule has 0 spiro atoms. The summed E-state index contributed by atoms with van der Waals surface area (Å²) in [7, 11) is 0. The zero-order valence-electron chi connectivity index (χ0n) is 14.5. The van der Waals surface area contributed by atoms with Crippen LogP contribution in [0.5, 0.6) is 5.75 Å². The number of pyridine rings is 1. The zero-order valence-corrected chi connectivity index (χ0v) is 16.0. The molecule has 2 aromatic rings. The van der Waals surface area contributed by atoms with E-state index in [1.807, 2.05) is 0 Å². The van der Waals surface area contributed by atoms with E-state index in [1.54, 1.807) is 30.5 Å². The number of hydrogen-bond donors (Lipinski definition) is 1. The molecule has 0 bridgehead atoms. The molecule has 3 rings (SSSR count). The maximum atomic E-state index is 12.3. The van der Waals surface area contributed by atoms with Crippen LogP contribution >= 0.6 is 23.2 Å². The van der Waals surface area contributed by atoms with E-state index < -0.39 is 11.6 Å². The highest BCUT2D eigenvalue weighted by molar-refractivity contribution is 6.35. The van der Waals surface area contributed by atoms with Crippen LogP contribution in [0.4, 0.5) is 0 Å². The van der Waals surface area contributed by atoms with E-state index in [0.717, 1.165) is 0 Å². The third-order valence-corrected chi connectivity index (χ3v) is 5.06. The number of carboxylic acids is 1. The number of carboxylic acid groups (broad SMARTS) is 1. The van der Waals surface area contributed by atoms with Gasteiger partial charge in [-0.15, -0.1) is 0 Å². The lowest BCUT2D eigenvalue weighted by molar-refractivity contribution is -0.159. The minimum Gasteiger partial charge on any atom is -0.490 e. The Morgan fingerprint density at radius 2 is 2.11 bits per heavy atom. The first-order chi connectivity index (χ1) is 12.9. The highest BCUT2D eigenvalue weighted by atomic mass is 35.5. The van der Waals surface area contributed by atoms with Gasteiger partial charge >= 0.3 is 5.97 Å². The Kier molecular flexibility index (Phi) is 6.09. The first-order valence-electron chi connectivity index (χ1n) is 8.54. The summed E-state index contributed by atoms with van der Waals surface area (Å²) in [5.74, 6) is -0.495. The monoisotopic (exact) mass is 411 g/mol. The van der Waals surface area contributed by atoms with Crippen molar-refractivity contribution in [1.29, 1.82) is 0 Å². The van der Waals surface area contributed by atoms with Crippen molar-refractivity contribution in [1.82, 2.24) is 4.57 Å². The normalized spacial score (nSPS) is 19.2. The number of ether oxygens (including phenoxy) is 2. The van der Waals surface area contributed by atoms with E-state index in [4.69, 9.17) is 32.7 Å². The van der Waals surface area contributed by atoms with Crippen LogP contribution in [0.2, 0.25) is 10.0 Å². The number of aromatic nitrogens is 1. The molecule has 1 aliphatic heterocycles. The maximum Gasteiger partial charge on any atom is 0.336 e. The highest BCUT2D eigenvalue weighted by Crippen LogP contribution is 2.30. The summed E-state index contributed by atoms with van der Waals surface area (Å²) >= 11 is 11.9. The number of benzene rings is 1. The maximum absolute atomic E-state index is 12.3. The van der Waals surface area contributed by atoms with E-state index in [-0.39, 0.29) is 18.6 Å². The Morgan fingerprint density at radius 3 is 2.74 bits per heavy atom. The molecule has 0 saturated carbocycles. The third-order valence-electron chi connectivity index (χ3n) is 4.53. The third kappa shape index (κ3) is 4.64. The van der Waals surface area contributed by atoms with Crippen LogP contribution < -0.4 is 10.3 Å². The number of hydrogen-bond acceptors (Lipinski definition) is 4. The van der Waals surface area contributed by atoms with Gasteiger partial charge in [0.15, 0.2) is 5.60 Å². The predicted molar refractivity (Wildman–Crippen MR) is 102 cm³/mol. The summed E-state index contributed by atoms with van der Waals surface area (Å²) in [4.78, 5) is 23.9. The summed E-state index contributed by atoms with van der Waals surface area (Å²) in [6.07, 6.45) is 2.96. The average molecular weight is 412 g/mol.